The molecule has 0 aromatic rings. The van der Waals surface area contributed by atoms with Crippen molar-refractivity contribution in [2.75, 3.05) is 13.2 Å². The molecule has 0 bridgehead atoms. The van der Waals surface area contributed by atoms with Gasteiger partial charge >= 0.3 is 17.9 Å². The molecule has 0 fully saturated rings. The summed E-state index contributed by atoms with van der Waals surface area (Å²) in [6.07, 6.45) is 62.0. The second kappa shape index (κ2) is 50.8. The number of carbonyl (C=O) groups excluding carboxylic acids is 3. The van der Waals surface area contributed by atoms with Crippen molar-refractivity contribution >= 4 is 17.9 Å². The number of carbonyl (C=O) groups is 3. The highest BCUT2D eigenvalue weighted by molar-refractivity contribution is 5.71. The molecular formula is C56H98O6. The van der Waals surface area contributed by atoms with Crippen LogP contribution < -0.4 is 0 Å². The average Bonchev–Trinajstić information content (AvgIpc) is 3.27. The Hall–Kier alpha value is -2.89. The van der Waals surface area contributed by atoms with Gasteiger partial charge in [-0.1, -0.05) is 216 Å². The van der Waals surface area contributed by atoms with Crippen LogP contribution in [-0.4, -0.2) is 37.2 Å². The first-order valence-corrected chi connectivity index (χ1v) is 26.3. The van der Waals surface area contributed by atoms with Crippen LogP contribution in [0.4, 0.5) is 0 Å². The smallest absolute Gasteiger partial charge is 0.306 e. The molecule has 0 heterocycles. The van der Waals surface area contributed by atoms with Gasteiger partial charge in [-0.2, -0.15) is 0 Å². The molecule has 0 rings (SSSR count). The molecule has 0 saturated carbocycles. The third-order valence-corrected chi connectivity index (χ3v) is 11.3. The van der Waals surface area contributed by atoms with Gasteiger partial charge in [0.05, 0.1) is 0 Å². The molecule has 0 aromatic carbocycles. The van der Waals surface area contributed by atoms with Gasteiger partial charge in [0.2, 0.25) is 0 Å². The molecule has 1 atom stereocenters. The first kappa shape index (κ1) is 59.1. The van der Waals surface area contributed by atoms with Crippen molar-refractivity contribution in [1.82, 2.24) is 0 Å². The van der Waals surface area contributed by atoms with Crippen LogP contribution in [-0.2, 0) is 28.6 Å². The van der Waals surface area contributed by atoms with Crippen LogP contribution in [0.3, 0.4) is 0 Å². The number of esters is 3. The summed E-state index contributed by atoms with van der Waals surface area (Å²) in [5.74, 6) is -0.899. The zero-order valence-corrected chi connectivity index (χ0v) is 40.9. The van der Waals surface area contributed by atoms with Crippen molar-refractivity contribution in [3.05, 3.63) is 60.8 Å². The first-order chi connectivity index (χ1) is 30.5. The van der Waals surface area contributed by atoms with E-state index in [1.807, 2.05) is 0 Å². The maximum absolute atomic E-state index is 12.8. The second-order valence-electron chi connectivity index (χ2n) is 17.4. The van der Waals surface area contributed by atoms with Crippen LogP contribution in [0.25, 0.3) is 0 Å². The van der Waals surface area contributed by atoms with Gasteiger partial charge in [0.15, 0.2) is 6.10 Å². The Bertz CT molecular complexity index is 1130. The van der Waals surface area contributed by atoms with Gasteiger partial charge in [0.1, 0.15) is 13.2 Å². The average molecular weight is 867 g/mol. The van der Waals surface area contributed by atoms with Crippen molar-refractivity contribution in [2.24, 2.45) is 0 Å². The quantitative estimate of drug-likeness (QED) is 0.0262. The van der Waals surface area contributed by atoms with Crippen molar-refractivity contribution in [3.63, 3.8) is 0 Å². The maximum atomic E-state index is 12.8. The summed E-state index contributed by atoms with van der Waals surface area (Å²) in [4.78, 5) is 37.9. The number of ether oxygens (including phenoxy) is 3. The largest absolute Gasteiger partial charge is 0.462 e. The summed E-state index contributed by atoms with van der Waals surface area (Å²) in [5, 5.41) is 0. The topological polar surface area (TPSA) is 78.9 Å². The highest BCUT2D eigenvalue weighted by Crippen LogP contribution is 2.15. The SMILES string of the molecule is CC/C=C\C/C=C\C/C=C\CCCCCCCC(=O)O[C@H](COC(=O)CCCCCCCCCCCC)COC(=O)CCCCCCCCCCC/C=C\C/C=C\CCCCC. The lowest BCUT2D eigenvalue weighted by molar-refractivity contribution is -0.167. The zero-order chi connectivity index (χ0) is 45.1. The second-order valence-corrected chi connectivity index (χ2v) is 17.4. The van der Waals surface area contributed by atoms with E-state index >= 15 is 0 Å². The van der Waals surface area contributed by atoms with Crippen LogP contribution >= 0.6 is 0 Å². The molecule has 0 radical (unpaired) electrons. The Labute approximate surface area is 383 Å². The van der Waals surface area contributed by atoms with E-state index in [4.69, 9.17) is 14.2 Å². The zero-order valence-electron chi connectivity index (χ0n) is 40.9. The molecule has 0 aliphatic carbocycles. The summed E-state index contributed by atoms with van der Waals surface area (Å²) < 4.78 is 16.8. The van der Waals surface area contributed by atoms with Crippen LogP contribution in [0.1, 0.15) is 258 Å². The normalized spacial score (nSPS) is 12.5. The first-order valence-electron chi connectivity index (χ1n) is 26.3. The van der Waals surface area contributed by atoms with Gasteiger partial charge < -0.3 is 14.2 Å². The fraction of sp³-hybridized carbons (Fsp3) is 0.768. The Kier molecular flexibility index (Phi) is 48.4. The molecule has 0 spiro atoms. The summed E-state index contributed by atoms with van der Waals surface area (Å²) >= 11 is 0. The highest BCUT2D eigenvalue weighted by atomic mass is 16.6. The van der Waals surface area contributed by atoms with E-state index in [2.05, 4.69) is 81.5 Å². The fourth-order valence-corrected chi connectivity index (χ4v) is 7.31. The summed E-state index contributed by atoms with van der Waals surface area (Å²) in [6.45, 7) is 6.48. The molecule has 0 aromatic heterocycles. The summed E-state index contributed by atoms with van der Waals surface area (Å²) in [6, 6.07) is 0. The van der Waals surface area contributed by atoms with Gasteiger partial charge in [0.25, 0.3) is 0 Å². The molecule has 0 N–H and O–H groups in total. The fourth-order valence-electron chi connectivity index (χ4n) is 7.31. The maximum Gasteiger partial charge on any atom is 0.306 e. The lowest BCUT2D eigenvalue weighted by Crippen LogP contribution is -2.30. The lowest BCUT2D eigenvalue weighted by Gasteiger charge is -2.18. The molecule has 358 valence electrons. The molecule has 0 aliphatic rings. The van der Waals surface area contributed by atoms with Crippen molar-refractivity contribution in [3.8, 4) is 0 Å². The number of allylic oxidation sites excluding steroid dienone is 10. The van der Waals surface area contributed by atoms with E-state index in [9.17, 15) is 14.4 Å². The predicted molar refractivity (Wildman–Crippen MR) is 265 cm³/mol. The molecule has 0 unspecified atom stereocenters. The number of unbranched alkanes of at least 4 members (excludes halogenated alkanes) is 26. The highest BCUT2D eigenvalue weighted by Gasteiger charge is 2.19. The van der Waals surface area contributed by atoms with E-state index in [-0.39, 0.29) is 31.1 Å². The Balaban J connectivity index is 4.34. The molecule has 0 saturated heterocycles. The minimum Gasteiger partial charge on any atom is -0.462 e. The molecular weight excluding hydrogens is 769 g/mol. The summed E-state index contributed by atoms with van der Waals surface area (Å²) in [7, 11) is 0. The van der Waals surface area contributed by atoms with Crippen molar-refractivity contribution < 1.29 is 28.6 Å². The summed E-state index contributed by atoms with van der Waals surface area (Å²) in [5.41, 5.74) is 0. The van der Waals surface area contributed by atoms with Crippen molar-refractivity contribution in [1.29, 1.82) is 0 Å². The Morgan fingerprint density at radius 2 is 0.629 bits per heavy atom. The van der Waals surface area contributed by atoms with E-state index in [0.29, 0.717) is 19.3 Å². The monoisotopic (exact) mass is 867 g/mol. The van der Waals surface area contributed by atoms with Crippen LogP contribution in [0.5, 0.6) is 0 Å². The third kappa shape index (κ3) is 48.1. The van der Waals surface area contributed by atoms with E-state index < -0.39 is 6.10 Å². The van der Waals surface area contributed by atoms with Gasteiger partial charge in [-0.25, -0.2) is 0 Å². The standard InChI is InChI=1S/C56H98O6/c1-4-7-10-13-16-19-22-24-26-27-28-29-31-32-34-37-40-43-46-49-55(58)61-52-53(51-60-54(57)48-45-42-39-36-21-18-15-12-9-6-3)62-56(59)50-47-44-41-38-35-33-30-25-23-20-17-14-11-8-5-2/h8,11,16-17,19-20,24-26,30,53H,4-7,9-10,12-15,18,21-23,27-29,31-52H2,1-3H3/b11-8-,19-16-,20-17-,26-24-,30-25-/t53-/m1/s1. The predicted octanol–water partition coefficient (Wildman–Crippen LogP) is 17.3. The van der Waals surface area contributed by atoms with E-state index in [0.717, 1.165) is 103 Å². The number of hydrogen-bond acceptors (Lipinski definition) is 6. The van der Waals surface area contributed by atoms with E-state index in [1.165, 1.54) is 116 Å². The molecule has 0 amide bonds. The van der Waals surface area contributed by atoms with Gasteiger partial charge in [-0.15, -0.1) is 0 Å². The number of rotatable bonds is 47. The van der Waals surface area contributed by atoms with Crippen LogP contribution in [0.2, 0.25) is 0 Å². The third-order valence-electron chi connectivity index (χ3n) is 11.3. The number of hydrogen-bond donors (Lipinski definition) is 0. The Morgan fingerprint density at radius 1 is 0.339 bits per heavy atom. The van der Waals surface area contributed by atoms with Crippen LogP contribution in [0.15, 0.2) is 60.8 Å². The molecule has 0 aliphatic heterocycles. The molecule has 6 heteroatoms. The van der Waals surface area contributed by atoms with Gasteiger partial charge in [0, 0.05) is 19.3 Å². The van der Waals surface area contributed by atoms with Gasteiger partial charge in [-0.3, -0.25) is 14.4 Å². The molecule has 62 heavy (non-hydrogen) atoms. The minimum absolute atomic E-state index is 0.0810. The lowest BCUT2D eigenvalue weighted by atomic mass is 10.1. The molecule has 6 nitrogen and oxygen atoms in total. The van der Waals surface area contributed by atoms with Crippen LogP contribution in [0, 0.1) is 0 Å². The van der Waals surface area contributed by atoms with E-state index in [1.54, 1.807) is 0 Å². The Morgan fingerprint density at radius 3 is 1.02 bits per heavy atom. The van der Waals surface area contributed by atoms with Gasteiger partial charge in [-0.05, 0) is 83.5 Å². The van der Waals surface area contributed by atoms with Crippen molar-refractivity contribution in [2.45, 2.75) is 264 Å². The minimum atomic E-state index is -0.782.